The third-order valence-corrected chi connectivity index (χ3v) is 6.25. The molecular formula is C24H28N4O4S. The fraction of sp³-hybridized carbons (Fsp3) is 0.333. The molecule has 2 N–H and O–H groups in total. The maximum atomic E-state index is 12.6. The van der Waals surface area contributed by atoms with Crippen molar-refractivity contribution in [3.8, 4) is 5.75 Å². The number of amides is 1. The third-order valence-electron chi connectivity index (χ3n) is 5.12. The van der Waals surface area contributed by atoms with E-state index in [1.807, 2.05) is 30.7 Å². The van der Waals surface area contributed by atoms with Gasteiger partial charge in [0.25, 0.3) is 0 Å². The molecule has 0 aliphatic carbocycles. The summed E-state index contributed by atoms with van der Waals surface area (Å²) >= 11 is 1.26. The molecule has 0 radical (unpaired) electrons. The Hall–Kier alpha value is -3.33. The molecule has 33 heavy (non-hydrogen) atoms. The highest BCUT2D eigenvalue weighted by molar-refractivity contribution is 8.00. The first kappa shape index (κ1) is 24.3. The van der Waals surface area contributed by atoms with Crippen molar-refractivity contribution in [1.82, 2.24) is 14.8 Å². The Bertz CT molecular complexity index is 1130. The average Bonchev–Trinajstić information content (AvgIpc) is 3.14. The van der Waals surface area contributed by atoms with Crippen molar-refractivity contribution in [2.75, 3.05) is 5.32 Å². The standard InChI is InChI=1S/C24H28N4O4S/c1-14(2)17-9-11-20(12-10-17)32-15(3)21-26-27-24(28(21)5)33-16(4)22(29)25-19-8-6-7-18(13-19)23(30)31/h6-16H,1-5H3,(H,25,29)(H,30,31). The molecule has 0 fully saturated rings. The number of nitrogens with one attached hydrogen (secondary N) is 1. The van der Waals surface area contributed by atoms with Crippen molar-refractivity contribution in [2.45, 2.75) is 50.1 Å². The molecule has 1 heterocycles. The van der Waals surface area contributed by atoms with Gasteiger partial charge in [0, 0.05) is 12.7 Å². The Morgan fingerprint density at radius 3 is 2.39 bits per heavy atom. The summed E-state index contributed by atoms with van der Waals surface area (Å²) in [6, 6.07) is 14.1. The van der Waals surface area contributed by atoms with Crippen LogP contribution in [0.1, 0.15) is 61.5 Å². The van der Waals surface area contributed by atoms with Crippen LogP contribution in [0.25, 0.3) is 0 Å². The summed E-state index contributed by atoms with van der Waals surface area (Å²) in [4.78, 5) is 23.7. The third kappa shape index (κ3) is 6.13. The second-order valence-corrected chi connectivity index (χ2v) is 9.33. The number of ether oxygens (including phenoxy) is 1. The summed E-state index contributed by atoms with van der Waals surface area (Å²) in [6.45, 7) is 7.95. The van der Waals surface area contributed by atoms with Crippen LogP contribution in [-0.2, 0) is 11.8 Å². The van der Waals surface area contributed by atoms with Gasteiger partial charge in [-0.2, -0.15) is 0 Å². The lowest BCUT2D eigenvalue weighted by Gasteiger charge is -2.16. The van der Waals surface area contributed by atoms with E-state index >= 15 is 0 Å². The quantitative estimate of drug-likeness (QED) is 0.430. The zero-order valence-electron chi connectivity index (χ0n) is 19.3. The van der Waals surface area contributed by atoms with Crippen molar-refractivity contribution in [3.05, 3.63) is 65.5 Å². The Labute approximate surface area is 197 Å². The van der Waals surface area contributed by atoms with E-state index in [0.29, 0.717) is 22.6 Å². The topological polar surface area (TPSA) is 106 Å². The lowest BCUT2D eigenvalue weighted by molar-refractivity contribution is -0.115. The molecule has 0 aliphatic heterocycles. The minimum Gasteiger partial charge on any atom is -0.483 e. The smallest absolute Gasteiger partial charge is 0.335 e. The molecular weight excluding hydrogens is 440 g/mol. The van der Waals surface area contributed by atoms with Crippen LogP contribution < -0.4 is 10.1 Å². The zero-order chi connectivity index (χ0) is 24.1. The van der Waals surface area contributed by atoms with Gasteiger partial charge in [0.1, 0.15) is 5.75 Å². The van der Waals surface area contributed by atoms with E-state index in [1.54, 1.807) is 19.1 Å². The second kappa shape index (κ2) is 10.5. The maximum Gasteiger partial charge on any atom is 0.335 e. The van der Waals surface area contributed by atoms with Gasteiger partial charge < -0.3 is 19.7 Å². The van der Waals surface area contributed by atoms with E-state index in [-0.39, 0.29) is 17.6 Å². The number of carbonyl (C=O) groups is 2. The molecule has 0 bridgehead atoms. The first-order valence-corrected chi connectivity index (χ1v) is 11.5. The van der Waals surface area contributed by atoms with Crippen LogP contribution in [0.2, 0.25) is 0 Å². The highest BCUT2D eigenvalue weighted by Crippen LogP contribution is 2.27. The van der Waals surface area contributed by atoms with Crippen LogP contribution in [0.15, 0.2) is 53.7 Å². The lowest BCUT2D eigenvalue weighted by Crippen LogP contribution is -2.23. The summed E-state index contributed by atoms with van der Waals surface area (Å²) in [5.41, 5.74) is 1.78. The fourth-order valence-electron chi connectivity index (χ4n) is 3.16. The summed E-state index contributed by atoms with van der Waals surface area (Å²) in [5, 5.41) is 20.4. The normalized spacial score (nSPS) is 12.9. The van der Waals surface area contributed by atoms with Crippen LogP contribution in [0.3, 0.4) is 0 Å². The molecule has 3 rings (SSSR count). The number of rotatable bonds is 9. The Kier molecular flexibility index (Phi) is 7.75. The van der Waals surface area contributed by atoms with Gasteiger partial charge in [0.05, 0.1) is 10.8 Å². The number of thioether (sulfide) groups is 1. The summed E-state index contributed by atoms with van der Waals surface area (Å²) in [6.07, 6.45) is -0.329. The predicted molar refractivity (Wildman–Crippen MR) is 128 cm³/mol. The number of nitrogens with zero attached hydrogens (tertiary/aromatic N) is 3. The summed E-state index contributed by atoms with van der Waals surface area (Å²) in [7, 11) is 1.83. The second-order valence-electron chi connectivity index (χ2n) is 8.02. The first-order valence-electron chi connectivity index (χ1n) is 10.6. The molecule has 2 aromatic carbocycles. The van der Waals surface area contributed by atoms with Gasteiger partial charge >= 0.3 is 5.97 Å². The maximum absolute atomic E-state index is 12.6. The van der Waals surface area contributed by atoms with Crippen LogP contribution >= 0.6 is 11.8 Å². The van der Waals surface area contributed by atoms with Gasteiger partial charge in [-0.15, -0.1) is 10.2 Å². The van der Waals surface area contributed by atoms with Crippen molar-refractivity contribution in [3.63, 3.8) is 0 Å². The number of carboxylic acid groups (broad SMARTS) is 1. The number of carboxylic acids is 1. The molecule has 8 nitrogen and oxygen atoms in total. The summed E-state index contributed by atoms with van der Waals surface area (Å²) < 4.78 is 7.84. The molecule has 0 spiro atoms. The van der Waals surface area contributed by atoms with Crippen molar-refractivity contribution < 1.29 is 19.4 Å². The van der Waals surface area contributed by atoms with Crippen LogP contribution in [0.5, 0.6) is 5.75 Å². The minimum absolute atomic E-state index is 0.110. The molecule has 2 unspecified atom stereocenters. The predicted octanol–water partition coefficient (Wildman–Crippen LogP) is 4.90. The van der Waals surface area contributed by atoms with Gasteiger partial charge in [-0.05, 0) is 55.7 Å². The van der Waals surface area contributed by atoms with Crippen molar-refractivity contribution >= 4 is 29.3 Å². The average molecular weight is 469 g/mol. The largest absolute Gasteiger partial charge is 0.483 e. The molecule has 0 saturated carbocycles. The Morgan fingerprint density at radius 1 is 1.06 bits per heavy atom. The molecule has 1 amide bonds. The van der Waals surface area contributed by atoms with Gasteiger partial charge in [0.2, 0.25) is 5.91 Å². The molecule has 9 heteroatoms. The van der Waals surface area contributed by atoms with E-state index in [1.165, 1.54) is 29.5 Å². The van der Waals surface area contributed by atoms with E-state index in [0.717, 1.165) is 5.75 Å². The number of anilines is 1. The van der Waals surface area contributed by atoms with Gasteiger partial charge in [-0.25, -0.2) is 4.79 Å². The highest BCUT2D eigenvalue weighted by Gasteiger charge is 2.22. The van der Waals surface area contributed by atoms with E-state index < -0.39 is 11.2 Å². The number of benzene rings is 2. The minimum atomic E-state index is -1.05. The molecule has 1 aromatic heterocycles. The number of carbonyl (C=O) groups excluding carboxylic acids is 1. The van der Waals surface area contributed by atoms with Crippen molar-refractivity contribution in [2.24, 2.45) is 7.05 Å². The fourth-order valence-corrected chi connectivity index (χ4v) is 3.98. The van der Waals surface area contributed by atoms with E-state index in [9.17, 15) is 9.59 Å². The molecule has 0 saturated heterocycles. The number of aromatic carboxylic acids is 1. The number of hydrogen-bond donors (Lipinski definition) is 2. The van der Waals surface area contributed by atoms with E-state index in [2.05, 4.69) is 41.5 Å². The number of hydrogen-bond acceptors (Lipinski definition) is 6. The molecule has 0 aliphatic rings. The van der Waals surface area contributed by atoms with Crippen molar-refractivity contribution in [1.29, 1.82) is 0 Å². The highest BCUT2D eigenvalue weighted by atomic mass is 32.2. The lowest BCUT2D eigenvalue weighted by atomic mass is 10.0. The molecule has 3 aromatic rings. The molecule has 174 valence electrons. The Balaban J connectivity index is 1.63. The molecule has 2 atom stereocenters. The Morgan fingerprint density at radius 2 is 1.76 bits per heavy atom. The van der Waals surface area contributed by atoms with Crippen LogP contribution in [0.4, 0.5) is 5.69 Å². The zero-order valence-corrected chi connectivity index (χ0v) is 20.1. The van der Waals surface area contributed by atoms with Gasteiger partial charge in [-0.3, -0.25) is 4.79 Å². The van der Waals surface area contributed by atoms with Crippen LogP contribution in [0, 0.1) is 0 Å². The van der Waals surface area contributed by atoms with Gasteiger partial charge in [-0.1, -0.05) is 43.8 Å². The van der Waals surface area contributed by atoms with E-state index in [4.69, 9.17) is 9.84 Å². The monoisotopic (exact) mass is 468 g/mol. The van der Waals surface area contributed by atoms with Gasteiger partial charge in [0.15, 0.2) is 17.1 Å². The first-order chi connectivity index (χ1) is 15.7. The van der Waals surface area contributed by atoms with Crippen LogP contribution in [-0.4, -0.2) is 37.0 Å². The summed E-state index contributed by atoms with van der Waals surface area (Å²) in [5.74, 6) is 0.539. The number of aromatic nitrogens is 3. The SMILES string of the molecule is CC(Sc1nnc(C(C)Oc2ccc(C(C)C)cc2)n1C)C(=O)Nc1cccc(C(=O)O)c1.